The van der Waals surface area contributed by atoms with Crippen molar-refractivity contribution in [3.63, 3.8) is 0 Å². The van der Waals surface area contributed by atoms with Gasteiger partial charge in [-0.05, 0) is 49.7 Å². The first-order valence-electron chi connectivity index (χ1n) is 8.56. The highest BCUT2D eigenvalue weighted by atomic mass is 35.5. The smallest absolute Gasteiger partial charge is 0.231 e. The normalized spacial score (nSPS) is 11.0. The van der Waals surface area contributed by atoms with Crippen LogP contribution in [0.15, 0.2) is 48.7 Å². The molecule has 0 amide bonds. The van der Waals surface area contributed by atoms with Gasteiger partial charge in [-0.1, -0.05) is 29.3 Å². The third kappa shape index (κ3) is 3.57. The highest BCUT2D eigenvalue weighted by Crippen LogP contribution is 2.28. The maximum atomic E-state index is 5.96. The van der Waals surface area contributed by atoms with Crippen LogP contribution < -0.4 is 10.6 Å². The van der Waals surface area contributed by atoms with E-state index in [2.05, 4.69) is 57.7 Å². The van der Waals surface area contributed by atoms with Gasteiger partial charge in [0, 0.05) is 23.4 Å². The molecule has 6 nitrogen and oxygen atoms in total. The lowest BCUT2D eigenvalue weighted by Crippen LogP contribution is -2.04. The molecule has 4 aromatic rings. The second-order valence-corrected chi connectivity index (χ2v) is 6.91. The number of hydrogen-bond acceptors (Lipinski definition) is 5. The van der Waals surface area contributed by atoms with Gasteiger partial charge in [-0.2, -0.15) is 15.1 Å². The largest absolute Gasteiger partial charge is 0.339 e. The Balaban J connectivity index is 1.75. The molecule has 27 heavy (non-hydrogen) atoms. The van der Waals surface area contributed by atoms with Gasteiger partial charge in [0.15, 0.2) is 5.65 Å². The number of halogens is 1. The molecule has 0 spiro atoms. The third-order valence-electron chi connectivity index (χ3n) is 4.33. The molecule has 0 aliphatic heterocycles. The van der Waals surface area contributed by atoms with Crippen molar-refractivity contribution in [2.24, 2.45) is 7.05 Å². The first kappa shape index (κ1) is 17.3. The molecule has 2 aromatic carbocycles. The SMILES string of the molecule is Cc1ccc(Nc2nc(Nc3ccc(Cl)cc3)nc3c2cnn3C)c(C)c1. The summed E-state index contributed by atoms with van der Waals surface area (Å²) in [5.74, 6) is 1.19. The number of nitrogens with zero attached hydrogens (tertiary/aromatic N) is 4. The van der Waals surface area contributed by atoms with Crippen LogP contribution in [0.3, 0.4) is 0 Å². The van der Waals surface area contributed by atoms with E-state index in [-0.39, 0.29) is 0 Å². The standard InChI is InChI=1S/C20H19ClN6/c1-12-4-9-17(13(2)10-12)24-18-16-11-22-27(3)19(16)26-20(25-18)23-15-7-5-14(21)6-8-15/h4-11H,1-3H3,(H2,23,24,25,26). The maximum Gasteiger partial charge on any atom is 0.231 e. The van der Waals surface area contributed by atoms with E-state index < -0.39 is 0 Å². The maximum absolute atomic E-state index is 5.96. The van der Waals surface area contributed by atoms with Crippen molar-refractivity contribution in [2.75, 3.05) is 10.6 Å². The summed E-state index contributed by atoms with van der Waals surface area (Å²) in [6.07, 6.45) is 1.77. The van der Waals surface area contributed by atoms with Crippen LogP contribution in [0.5, 0.6) is 0 Å². The van der Waals surface area contributed by atoms with Crippen molar-refractivity contribution in [3.8, 4) is 0 Å². The van der Waals surface area contributed by atoms with Crippen LogP contribution in [0.25, 0.3) is 11.0 Å². The number of anilines is 4. The molecule has 0 bridgehead atoms. The molecule has 0 fully saturated rings. The Bertz CT molecular complexity index is 1120. The minimum atomic E-state index is 0.487. The summed E-state index contributed by atoms with van der Waals surface area (Å²) in [6, 6.07) is 13.7. The highest BCUT2D eigenvalue weighted by molar-refractivity contribution is 6.30. The number of aryl methyl sites for hydroxylation is 3. The zero-order valence-electron chi connectivity index (χ0n) is 15.3. The van der Waals surface area contributed by atoms with Gasteiger partial charge in [0.05, 0.1) is 11.6 Å². The van der Waals surface area contributed by atoms with Crippen LogP contribution in [-0.4, -0.2) is 19.7 Å². The summed E-state index contributed by atoms with van der Waals surface area (Å²) in [7, 11) is 1.86. The van der Waals surface area contributed by atoms with Gasteiger partial charge in [-0.25, -0.2) is 0 Å². The molecule has 136 valence electrons. The monoisotopic (exact) mass is 378 g/mol. The van der Waals surface area contributed by atoms with Crippen molar-refractivity contribution >= 4 is 45.8 Å². The third-order valence-corrected chi connectivity index (χ3v) is 4.58. The fourth-order valence-corrected chi connectivity index (χ4v) is 3.04. The predicted molar refractivity (Wildman–Crippen MR) is 110 cm³/mol. The summed E-state index contributed by atoms with van der Waals surface area (Å²) in [6.45, 7) is 4.15. The molecular weight excluding hydrogens is 360 g/mol. The van der Waals surface area contributed by atoms with Gasteiger partial charge < -0.3 is 10.6 Å². The highest BCUT2D eigenvalue weighted by Gasteiger charge is 2.13. The van der Waals surface area contributed by atoms with Crippen LogP contribution in [0, 0.1) is 13.8 Å². The molecular formula is C20H19ClN6. The number of aromatic nitrogens is 4. The van der Waals surface area contributed by atoms with Crippen LogP contribution in [0.4, 0.5) is 23.1 Å². The van der Waals surface area contributed by atoms with Gasteiger partial charge in [0.25, 0.3) is 0 Å². The quantitative estimate of drug-likeness (QED) is 0.515. The number of fused-ring (bicyclic) bond motifs is 1. The molecule has 0 aliphatic carbocycles. The van der Waals surface area contributed by atoms with Crippen LogP contribution in [0.2, 0.25) is 5.02 Å². The predicted octanol–water partition coefficient (Wildman–Crippen LogP) is 5.12. The van der Waals surface area contributed by atoms with Gasteiger partial charge in [0.1, 0.15) is 5.82 Å². The number of hydrogen-bond donors (Lipinski definition) is 2. The van der Waals surface area contributed by atoms with Gasteiger partial charge >= 0.3 is 0 Å². The first-order valence-corrected chi connectivity index (χ1v) is 8.94. The van der Waals surface area contributed by atoms with E-state index in [1.807, 2.05) is 31.3 Å². The Kier molecular flexibility index (Phi) is 4.41. The average Bonchev–Trinajstić information content (AvgIpc) is 3.01. The summed E-state index contributed by atoms with van der Waals surface area (Å²) < 4.78 is 1.73. The van der Waals surface area contributed by atoms with Crippen LogP contribution in [0.1, 0.15) is 11.1 Å². The summed E-state index contributed by atoms with van der Waals surface area (Å²) in [5.41, 5.74) is 4.98. The number of rotatable bonds is 4. The summed E-state index contributed by atoms with van der Waals surface area (Å²) in [4.78, 5) is 9.27. The van der Waals surface area contributed by atoms with Crippen molar-refractivity contribution in [1.82, 2.24) is 19.7 Å². The molecule has 2 aromatic heterocycles. The Morgan fingerprint density at radius 2 is 1.74 bits per heavy atom. The van der Waals surface area contributed by atoms with Gasteiger partial charge in [0.2, 0.25) is 5.95 Å². The molecule has 7 heteroatoms. The zero-order chi connectivity index (χ0) is 19.0. The summed E-state index contributed by atoms with van der Waals surface area (Å²) >= 11 is 5.96. The minimum absolute atomic E-state index is 0.487. The average molecular weight is 379 g/mol. The molecule has 0 atom stereocenters. The summed E-state index contributed by atoms with van der Waals surface area (Å²) in [5, 5.41) is 12.5. The second-order valence-electron chi connectivity index (χ2n) is 6.48. The van der Waals surface area contributed by atoms with E-state index in [1.165, 1.54) is 5.56 Å². The van der Waals surface area contributed by atoms with Crippen molar-refractivity contribution in [1.29, 1.82) is 0 Å². The van der Waals surface area contributed by atoms with Crippen molar-refractivity contribution < 1.29 is 0 Å². The Morgan fingerprint density at radius 1 is 0.963 bits per heavy atom. The van der Waals surface area contributed by atoms with Gasteiger partial charge in [-0.15, -0.1) is 0 Å². The van der Waals surface area contributed by atoms with E-state index >= 15 is 0 Å². The molecule has 0 radical (unpaired) electrons. The second kappa shape index (κ2) is 6.89. The lowest BCUT2D eigenvalue weighted by molar-refractivity contribution is 0.786. The lowest BCUT2D eigenvalue weighted by Gasteiger charge is -2.12. The fourth-order valence-electron chi connectivity index (χ4n) is 2.92. The molecule has 2 N–H and O–H groups in total. The van der Waals surface area contributed by atoms with E-state index in [4.69, 9.17) is 11.6 Å². The van der Waals surface area contributed by atoms with Crippen LogP contribution in [-0.2, 0) is 7.05 Å². The molecule has 2 heterocycles. The van der Waals surface area contributed by atoms with Crippen LogP contribution >= 0.6 is 11.6 Å². The first-order chi connectivity index (χ1) is 13.0. The Morgan fingerprint density at radius 3 is 2.48 bits per heavy atom. The van der Waals surface area contributed by atoms with E-state index in [0.29, 0.717) is 16.8 Å². The van der Waals surface area contributed by atoms with Crippen molar-refractivity contribution in [3.05, 3.63) is 64.8 Å². The fraction of sp³-hybridized carbons (Fsp3) is 0.150. The minimum Gasteiger partial charge on any atom is -0.339 e. The Hall–Kier alpha value is -3.12. The number of benzene rings is 2. The zero-order valence-corrected chi connectivity index (χ0v) is 16.0. The molecule has 4 rings (SSSR count). The number of nitrogens with one attached hydrogen (secondary N) is 2. The molecule has 0 aliphatic rings. The lowest BCUT2D eigenvalue weighted by atomic mass is 10.1. The van der Waals surface area contributed by atoms with E-state index in [9.17, 15) is 0 Å². The van der Waals surface area contributed by atoms with Gasteiger partial charge in [-0.3, -0.25) is 4.68 Å². The molecule has 0 saturated carbocycles. The molecule has 0 unspecified atom stereocenters. The Labute approximate surface area is 162 Å². The van der Waals surface area contributed by atoms with E-state index in [1.54, 1.807) is 10.9 Å². The molecule has 0 saturated heterocycles. The van der Waals surface area contributed by atoms with E-state index in [0.717, 1.165) is 28.0 Å². The van der Waals surface area contributed by atoms with Crippen molar-refractivity contribution in [2.45, 2.75) is 13.8 Å². The topological polar surface area (TPSA) is 67.7 Å².